The minimum atomic E-state index is -1.09. The summed E-state index contributed by atoms with van der Waals surface area (Å²) >= 11 is 0. The molecule has 6 nitrogen and oxygen atoms in total. The van der Waals surface area contributed by atoms with Gasteiger partial charge in [-0.05, 0) is 30.5 Å². The van der Waals surface area contributed by atoms with Gasteiger partial charge in [-0.1, -0.05) is 12.1 Å². The Balaban J connectivity index is 2.02. The smallest absolute Gasteiger partial charge is 0.334 e. The number of methoxy groups -OCH3 is 1. The summed E-state index contributed by atoms with van der Waals surface area (Å²) in [5, 5.41) is 11.5. The first-order valence-corrected chi connectivity index (χ1v) is 6.39. The topological polar surface area (TPSA) is 102 Å². The summed E-state index contributed by atoms with van der Waals surface area (Å²) < 4.78 is 4.79. The zero-order chi connectivity index (χ0) is 14.8. The number of ether oxygens (including phenoxy) is 1. The van der Waals surface area contributed by atoms with E-state index < -0.39 is 17.5 Å². The molecule has 0 aromatic heterocycles. The van der Waals surface area contributed by atoms with Crippen molar-refractivity contribution >= 4 is 17.6 Å². The lowest BCUT2D eigenvalue weighted by atomic mass is 9.94. The van der Waals surface area contributed by atoms with Gasteiger partial charge in [-0.15, -0.1) is 0 Å². The van der Waals surface area contributed by atoms with Gasteiger partial charge in [-0.2, -0.15) is 0 Å². The first-order valence-electron chi connectivity index (χ1n) is 6.39. The largest absolute Gasteiger partial charge is 0.479 e. The number of nitrogens with two attached hydrogens (primary N) is 1. The fourth-order valence-corrected chi connectivity index (χ4v) is 2.20. The van der Waals surface area contributed by atoms with Crippen LogP contribution in [0.3, 0.4) is 0 Å². The van der Waals surface area contributed by atoms with E-state index in [0.29, 0.717) is 5.69 Å². The Bertz CT molecular complexity index is 508. The molecule has 1 aromatic carbocycles. The van der Waals surface area contributed by atoms with E-state index >= 15 is 0 Å². The van der Waals surface area contributed by atoms with Gasteiger partial charge in [-0.25, -0.2) is 4.79 Å². The Morgan fingerprint density at radius 1 is 1.40 bits per heavy atom. The summed E-state index contributed by atoms with van der Waals surface area (Å²) in [5.74, 6) is -1.25. The van der Waals surface area contributed by atoms with E-state index in [9.17, 15) is 9.59 Å². The first-order chi connectivity index (χ1) is 9.49. The van der Waals surface area contributed by atoms with Crippen molar-refractivity contribution in [3.63, 3.8) is 0 Å². The average Bonchev–Trinajstić information content (AvgIpc) is 3.21. The van der Waals surface area contributed by atoms with Crippen molar-refractivity contribution in [2.24, 2.45) is 0 Å². The van der Waals surface area contributed by atoms with Gasteiger partial charge in [0.2, 0.25) is 5.91 Å². The molecule has 20 heavy (non-hydrogen) atoms. The summed E-state index contributed by atoms with van der Waals surface area (Å²) in [6, 6.07) is 7.20. The standard InChI is InChI=1S/C14H18N2O4/c1-20-11(12(17)18)8-16-13(19)14(6-7-14)9-2-4-10(15)5-3-9/h2-5,11H,6-8,15H2,1H3,(H,16,19)(H,17,18). The number of nitrogens with one attached hydrogen (secondary N) is 1. The van der Waals surface area contributed by atoms with E-state index in [2.05, 4.69) is 5.32 Å². The first kappa shape index (κ1) is 14.3. The Kier molecular flexibility index (Phi) is 3.94. The van der Waals surface area contributed by atoms with Crippen molar-refractivity contribution in [2.45, 2.75) is 24.4 Å². The predicted octanol–water partition coefficient (Wildman–Crippen LogP) is 0.516. The van der Waals surface area contributed by atoms with Gasteiger partial charge in [0.25, 0.3) is 0 Å². The molecule has 0 heterocycles. The van der Waals surface area contributed by atoms with Gasteiger partial charge in [0.15, 0.2) is 6.10 Å². The highest BCUT2D eigenvalue weighted by Crippen LogP contribution is 2.48. The molecule has 1 aliphatic rings. The maximum Gasteiger partial charge on any atom is 0.334 e. The molecule has 0 saturated heterocycles. The number of anilines is 1. The fraction of sp³-hybridized carbons (Fsp3) is 0.429. The summed E-state index contributed by atoms with van der Waals surface area (Å²) in [6.07, 6.45) is 0.488. The Morgan fingerprint density at radius 2 is 2.00 bits per heavy atom. The molecule has 1 amide bonds. The third-order valence-corrected chi connectivity index (χ3v) is 3.66. The summed E-state index contributed by atoms with van der Waals surface area (Å²) in [4.78, 5) is 23.1. The van der Waals surface area contributed by atoms with Crippen LogP contribution in [0.25, 0.3) is 0 Å². The zero-order valence-corrected chi connectivity index (χ0v) is 11.3. The summed E-state index contributed by atoms with van der Waals surface area (Å²) in [7, 11) is 1.30. The molecule has 6 heteroatoms. The number of nitrogen functional groups attached to an aromatic ring is 1. The molecule has 1 aliphatic carbocycles. The molecule has 1 unspecified atom stereocenters. The maximum absolute atomic E-state index is 12.3. The van der Waals surface area contributed by atoms with Crippen LogP contribution in [0.2, 0.25) is 0 Å². The number of aliphatic carboxylic acids is 1. The van der Waals surface area contributed by atoms with E-state index in [-0.39, 0.29) is 12.5 Å². The minimum absolute atomic E-state index is 0.0403. The number of benzene rings is 1. The number of carbonyl (C=O) groups is 2. The third-order valence-electron chi connectivity index (χ3n) is 3.66. The Hall–Kier alpha value is -2.08. The lowest BCUT2D eigenvalue weighted by molar-refractivity contribution is -0.148. The van der Waals surface area contributed by atoms with E-state index in [4.69, 9.17) is 15.6 Å². The van der Waals surface area contributed by atoms with Crippen LogP contribution >= 0.6 is 0 Å². The van der Waals surface area contributed by atoms with Crippen molar-refractivity contribution in [1.29, 1.82) is 0 Å². The van der Waals surface area contributed by atoms with Gasteiger partial charge in [0.1, 0.15) is 0 Å². The molecule has 0 spiro atoms. The van der Waals surface area contributed by atoms with Gasteiger partial charge < -0.3 is 20.9 Å². The molecule has 4 N–H and O–H groups in total. The van der Waals surface area contributed by atoms with Crippen LogP contribution in [0.15, 0.2) is 24.3 Å². The van der Waals surface area contributed by atoms with Crippen LogP contribution in [0.4, 0.5) is 5.69 Å². The molecule has 1 saturated carbocycles. The predicted molar refractivity (Wildman–Crippen MR) is 73.2 cm³/mol. The normalized spacial score (nSPS) is 17.2. The minimum Gasteiger partial charge on any atom is -0.479 e. The lowest BCUT2D eigenvalue weighted by Crippen LogP contribution is -2.42. The van der Waals surface area contributed by atoms with E-state index in [1.807, 2.05) is 12.1 Å². The van der Waals surface area contributed by atoms with Crippen molar-refractivity contribution < 1.29 is 19.4 Å². The monoisotopic (exact) mass is 278 g/mol. The molecule has 1 aromatic rings. The molecular formula is C14H18N2O4. The number of carboxylic acid groups (broad SMARTS) is 1. The summed E-state index contributed by atoms with van der Waals surface area (Å²) in [5.41, 5.74) is 6.66. The van der Waals surface area contributed by atoms with Crippen molar-refractivity contribution in [3.8, 4) is 0 Å². The SMILES string of the molecule is COC(CNC(=O)C1(c2ccc(N)cc2)CC1)C(=O)O. The number of hydrogen-bond donors (Lipinski definition) is 3. The van der Waals surface area contributed by atoms with Crippen LogP contribution in [0.1, 0.15) is 18.4 Å². The second kappa shape index (κ2) is 5.50. The van der Waals surface area contributed by atoms with Crippen LogP contribution in [-0.2, 0) is 19.7 Å². The highest BCUT2D eigenvalue weighted by molar-refractivity contribution is 5.91. The lowest BCUT2D eigenvalue weighted by Gasteiger charge is -2.18. The van der Waals surface area contributed by atoms with Crippen molar-refractivity contribution in [1.82, 2.24) is 5.32 Å². The van der Waals surface area contributed by atoms with Crippen LogP contribution in [-0.4, -0.2) is 36.7 Å². The molecule has 0 radical (unpaired) electrons. The molecule has 0 bridgehead atoms. The van der Waals surface area contributed by atoms with Gasteiger partial charge in [-0.3, -0.25) is 4.79 Å². The Labute approximate surface area is 116 Å². The van der Waals surface area contributed by atoms with Crippen molar-refractivity contribution in [2.75, 3.05) is 19.4 Å². The molecule has 1 atom stereocenters. The molecule has 2 rings (SSSR count). The summed E-state index contributed by atoms with van der Waals surface area (Å²) in [6.45, 7) is -0.0403. The number of amides is 1. The molecule has 0 aliphatic heterocycles. The van der Waals surface area contributed by atoms with E-state index in [0.717, 1.165) is 18.4 Å². The number of hydrogen-bond acceptors (Lipinski definition) is 4. The van der Waals surface area contributed by atoms with Gasteiger partial charge in [0, 0.05) is 12.8 Å². The number of carbonyl (C=O) groups excluding carboxylic acids is 1. The van der Waals surface area contributed by atoms with Crippen LogP contribution in [0.5, 0.6) is 0 Å². The number of carboxylic acids is 1. The Morgan fingerprint density at radius 3 is 2.45 bits per heavy atom. The van der Waals surface area contributed by atoms with Gasteiger partial charge in [0.05, 0.1) is 12.0 Å². The van der Waals surface area contributed by atoms with Crippen molar-refractivity contribution in [3.05, 3.63) is 29.8 Å². The third kappa shape index (κ3) is 2.75. The quantitative estimate of drug-likeness (QED) is 0.658. The average molecular weight is 278 g/mol. The molecule has 1 fully saturated rings. The van der Waals surface area contributed by atoms with Crippen LogP contribution < -0.4 is 11.1 Å². The van der Waals surface area contributed by atoms with Crippen LogP contribution in [0, 0.1) is 0 Å². The molecular weight excluding hydrogens is 260 g/mol. The second-order valence-electron chi connectivity index (χ2n) is 4.98. The van der Waals surface area contributed by atoms with E-state index in [1.165, 1.54) is 7.11 Å². The second-order valence-corrected chi connectivity index (χ2v) is 4.98. The van der Waals surface area contributed by atoms with Gasteiger partial charge >= 0.3 is 5.97 Å². The highest BCUT2D eigenvalue weighted by atomic mass is 16.5. The highest BCUT2D eigenvalue weighted by Gasteiger charge is 2.51. The zero-order valence-electron chi connectivity index (χ0n) is 11.3. The fourth-order valence-electron chi connectivity index (χ4n) is 2.20. The number of rotatable bonds is 6. The maximum atomic E-state index is 12.3. The van der Waals surface area contributed by atoms with E-state index in [1.54, 1.807) is 12.1 Å². The molecule has 108 valence electrons.